The van der Waals surface area contributed by atoms with Crippen molar-refractivity contribution in [3.8, 4) is 0 Å². The summed E-state index contributed by atoms with van der Waals surface area (Å²) >= 11 is -16.3. The van der Waals surface area contributed by atoms with E-state index < -0.39 is 74.5 Å². The van der Waals surface area contributed by atoms with Crippen molar-refractivity contribution in [1.29, 1.82) is 0 Å². The summed E-state index contributed by atoms with van der Waals surface area (Å²) in [4.78, 5) is 0. The van der Waals surface area contributed by atoms with Crippen LogP contribution in [0.25, 0.3) is 0 Å². The van der Waals surface area contributed by atoms with Gasteiger partial charge in [-0.05, 0) is 0 Å². The Morgan fingerprint density at radius 3 is 0.444 bits per heavy atom. The molecule has 0 aliphatic heterocycles. The third-order valence-corrected chi connectivity index (χ3v) is 0. The van der Waals surface area contributed by atoms with Gasteiger partial charge in [0.1, 0.15) is 0 Å². The molecule has 104 valence electrons. The summed E-state index contributed by atoms with van der Waals surface area (Å²) < 4.78 is 103. The molecule has 18 heavy (non-hydrogen) atoms. The molecule has 0 aliphatic carbocycles. The van der Waals surface area contributed by atoms with Gasteiger partial charge in [-0.1, -0.05) is 0 Å². The van der Waals surface area contributed by atoms with Gasteiger partial charge in [0.05, 0.1) is 0 Å². The molecule has 0 rings (SSSR count). The minimum atomic E-state index is -4.08. The van der Waals surface area contributed by atoms with Gasteiger partial charge in [0.2, 0.25) is 0 Å². The molecule has 0 radical (unpaired) electrons. The van der Waals surface area contributed by atoms with Crippen molar-refractivity contribution in [2.75, 3.05) is 0 Å². The summed E-state index contributed by atoms with van der Waals surface area (Å²) in [5.74, 6) is 0. The van der Waals surface area contributed by atoms with E-state index in [0.717, 1.165) is 0 Å². The quantitative estimate of drug-likeness (QED) is 0.227. The van der Waals surface area contributed by atoms with Crippen LogP contribution in [0.3, 0.4) is 0 Å². The normalized spacial score (nSPS) is 5.78. The molecule has 0 spiro atoms. The molecule has 0 aromatic carbocycles. The maximum atomic E-state index is 8.58. The summed E-state index contributed by atoms with van der Waals surface area (Å²) in [6, 6.07) is 0. The second-order valence-corrected chi connectivity index (χ2v) is 4.12. The Balaban J connectivity index is -0.0000000257. The Labute approximate surface area is 152 Å². The summed E-state index contributed by atoms with van der Waals surface area (Å²) in [5, 5.41) is 0. The standard InChI is InChI=1S/Ni.12O.4Ti.W/q+2;;;;;8*-1;;;;;+6. The first-order valence-electron chi connectivity index (χ1n) is 2.45. The monoisotopic (exact) mass is 626 g/mol. The molecule has 0 fully saturated rings. The van der Waals surface area contributed by atoms with Gasteiger partial charge < -0.3 is 0 Å². The Hall–Kier alpha value is 2.92. The Kier molecular flexibility index (Phi) is 66.4. The average molecular weight is 626 g/mol. The molecule has 0 atom stereocenters. The van der Waals surface area contributed by atoms with Crippen LogP contribution in [0.4, 0.5) is 0 Å². The number of rotatable bonds is 0. The van der Waals surface area contributed by atoms with Gasteiger partial charge >= 0.3 is 155 Å². The van der Waals surface area contributed by atoms with Crippen molar-refractivity contribution in [2.24, 2.45) is 0 Å². The average Bonchev–Trinajstić information content (AvgIpc) is 1.76. The van der Waals surface area contributed by atoms with E-state index in [9.17, 15) is 0 Å². The second kappa shape index (κ2) is 32.0. The van der Waals surface area contributed by atoms with Gasteiger partial charge in [0.25, 0.3) is 0 Å². The van der Waals surface area contributed by atoms with Gasteiger partial charge in [-0.3, -0.25) is 0 Å². The van der Waals surface area contributed by atoms with E-state index in [1.165, 1.54) is 0 Å². The van der Waals surface area contributed by atoms with Crippen LogP contribution in [-0.4, -0.2) is 0 Å². The predicted molar refractivity (Wildman–Crippen MR) is 2.75 cm³/mol. The van der Waals surface area contributed by atoms with Crippen LogP contribution in [0.15, 0.2) is 0 Å². The summed E-state index contributed by atoms with van der Waals surface area (Å²) in [6.45, 7) is 0. The third-order valence-electron chi connectivity index (χ3n) is 0. The zero-order valence-corrected chi connectivity index (χ0v) is 17.8. The first kappa shape index (κ1) is 37.3. The van der Waals surface area contributed by atoms with Gasteiger partial charge in [0, 0.05) is 0 Å². The van der Waals surface area contributed by atoms with E-state index in [0.29, 0.717) is 0 Å². The first-order valence-corrected chi connectivity index (χ1v) is 10.1. The maximum absolute atomic E-state index is 8.58. The molecule has 0 aromatic rings. The van der Waals surface area contributed by atoms with Gasteiger partial charge in [0.15, 0.2) is 0 Å². The van der Waals surface area contributed by atoms with Crippen LogP contribution < -0.4 is 29.5 Å². The maximum Gasteiger partial charge on any atom is 6.00 e. The molecule has 0 aromatic heterocycles. The van der Waals surface area contributed by atoms with E-state index >= 15 is 0 Å². The van der Waals surface area contributed by atoms with Crippen LogP contribution in [0.5, 0.6) is 0 Å². The third kappa shape index (κ3) is 713. The van der Waals surface area contributed by atoms with Crippen LogP contribution in [0.1, 0.15) is 0 Å². The van der Waals surface area contributed by atoms with Gasteiger partial charge in [-0.25, -0.2) is 0 Å². The van der Waals surface area contributed by atoms with Crippen molar-refractivity contribution in [2.45, 2.75) is 0 Å². The van der Waals surface area contributed by atoms with Crippen molar-refractivity contribution >= 4 is 0 Å². The van der Waals surface area contributed by atoms with Gasteiger partial charge in [-0.2, -0.15) is 0 Å². The Bertz CT molecular complexity index is 164. The molecular weight excluding hydrogens is 626 g/mol. The second-order valence-electron chi connectivity index (χ2n) is 1.00. The summed E-state index contributed by atoms with van der Waals surface area (Å²) in [6.07, 6.45) is 0. The largest absolute Gasteiger partial charge is 6.00 e. The van der Waals surface area contributed by atoms with Gasteiger partial charge in [-0.15, -0.1) is 0 Å². The molecule has 0 saturated carbocycles. The van der Waals surface area contributed by atoms with E-state index in [2.05, 4.69) is 0 Å². The molecule has 0 unspecified atom stereocenters. The zero-order valence-electron chi connectivity index (χ0n) is 7.62. The molecule has 12 nitrogen and oxygen atoms in total. The summed E-state index contributed by atoms with van der Waals surface area (Å²) in [7, 11) is 0. The van der Waals surface area contributed by atoms with E-state index in [1.54, 1.807) is 0 Å². The minimum absolute atomic E-state index is 0. The molecule has 0 saturated heterocycles. The van der Waals surface area contributed by atoms with Crippen LogP contribution in [0.2, 0.25) is 0 Å². The Morgan fingerprint density at radius 1 is 0.444 bits per heavy atom. The molecule has 0 bridgehead atoms. The molecule has 0 amide bonds. The summed E-state index contributed by atoms with van der Waals surface area (Å²) in [5.41, 5.74) is 0. The first-order chi connectivity index (χ1) is 6.93. The van der Waals surface area contributed by atoms with Crippen molar-refractivity contribution < 1.29 is 155 Å². The fraction of sp³-hybridized carbons (Fsp3) is 0. The van der Waals surface area contributed by atoms with E-state index in [-0.39, 0.29) is 37.6 Å². The fourth-order valence-corrected chi connectivity index (χ4v) is 0. The topological polar surface area (TPSA) is 253 Å². The molecular formula is NiO12Ti4W. The predicted octanol–water partition coefficient (Wildman–Crippen LogP) is -10.0. The number of hydrogen-bond donors (Lipinski definition) is 0. The van der Waals surface area contributed by atoms with Crippen LogP contribution in [0, 0.1) is 0 Å². The minimum Gasteiger partial charge on any atom is 6.00 e. The number of hydrogen-bond acceptors (Lipinski definition) is 12. The Morgan fingerprint density at radius 2 is 0.444 bits per heavy atom. The molecule has 0 N–H and O–H groups in total. The van der Waals surface area contributed by atoms with Crippen molar-refractivity contribution in [1.82, 2.24) is 0 Å². The molecule has 0 heterocycles. The SMILES string of the molecule is [Ni+2].[O]=[Ti]([O-])[O-].[O]=[Ti]([O-])[O-].[O]=[Ti]([O-])[O-].[O]=[Ti]([O-])[O-].[W+6]. The van der Waals surface area contributed by atoms with E-state index in [1.807, 2.05) is 0 Å². The molecule has 0 aliphatic rings. The smallest absolute Gasteiger partial charge is 6.00 e. The fourth-order valence-electron chi connectivity index (χ4n) is 0. The van der Waals surface area contributed by atoms with Crippen molar-refractivity contribution in [3.05, 3.63) is 0 Å². The van der Waals surface area contributed by atoms with Crippen molar-refractivity contribution in [3.63, 3.8) is 0 Å². The zero-order chi connectivity index (χ0) is 14.3. The molecule has 18 heteroatoms. The van der Waals surface area contributed by atoms with Crippen LogP contribution >= 0.6 is 0 Å². The van der Waals surface area contributed by atoms with E-state index in [4.69, 9.17) is 42.8 Å². The van der Waals surface area contributed by atoms with Crippen LogP contribution in [-0.2, 0) is 125 Å².